The van der Waals surface area contributed by atoms with Crippen molar-refractivity contribution in [2.75, 3.05) is 19.6 Å². The highest BCUT2D eigenvalue weighted by Gasteiger charge is 2.02. The Hall–Kier alpha value is -0.870. The molecule has 2 N–H and O–H groups in total. The van der Waals surface area contributed by atoms with E-state index in [4.69, 9.17) is 0 Å². The molecule has 0 spiro atoms. The van der Waals surface area contributed by atoms with Crippen LogP contribution in [0.2, 0.25) is 0 Å². The van der Waals surface area contributed by atoms with Crippen LogP contribution < -0.4 is 10.6 Å². The number of nitrogens with one attached hydrogen (secondary N) is 2. The monoisotopic (exact) mass is 238 g/mol. The molecule has 4 heteroatoms. The predicted octanol–water partition coefficient (Wildman–Crippen LogP) is 1.69. The Morgan fingerprint density at radius 2 is 1.94 bits per heavy atom. The van der Waals surface area contributed by atoms with E-state index in [0.717, 1.165) is 38.4 Å². The lowest BCUT2D eigenvalue weighted by molar-refractivity contribution is 0.556. The van der Waals surface area contributed by atoms with Gasteiger partial charge in [-0.1, -0.05) is 6.92 Å². The molecule has 0 atom stereocenters. The van der Waals surface area contributed by atoms with Gasteiger partial charge in [-0.05, 0) is 52.4 Å². The van der Waals surface area contributed by atoms with Gasteiger partial charge in [-0.2, -0.15) is 5.10 Å². The second-order valence-electron chi connectivity index (χ2n) is 4.37. The van der Waals surface area contributed by atoms with E-state index in [1.807, 2.05) is 6.92 Å². The third-order valence-electron chi connectivity index (χ3n) is 2.73. The van der Waals surface area contributed by atoms with Crippen molar-refractivity contribution in [3.05, 3.63) is 17.5 Å². The third kappa shape index (κ3) is 5.33. The van der Waals surface area contributed by atoms with Crippen molar-refractivity contribution in [1.82, 2.24) is 20.4 Å². The van der Waals surface area contributed by atoms with Crippen molar-refractivity contribution in [3.8, 4) is 0 Å². The van der Waals surface area contributed by atoms with Crippen LogP contribution in [0, 0.1) is 6.92 Å². The molecule has 1 heterocycles. The summed E-state index contributed by atoms with van der Waals surface area (Å²) in [5, 5.41) is 11.3. The molecule has 1 aromatic heterocycles. The molecule has 0 aliphatic heterocycles. The summed E-state index contributed by atoms with van der Waals surface area (Å²) in [4.78, 5) is 0. The molecule has 0 bridgehead atoms. The Bertz CT molecular complexity index is 306. The first kappa shape index (κ1) is 14.2. The average molecular weight is 238 g/mol. The van der Waals surface area contributed by atoms with Crippen LogP contribution in [0.5, 0.6) is 0 Å². The molecule has 0 saturated heterocycles. The SMILES string of the molecule is CCCNCCCNCc1cc(C)nn1CC. The minimum atomic E-state index is 0.919. The lowest BCUT2D eigenvalue weighted by Crippen LogP contribution is -2.23. The van der Waals surface area contributed by atoms with Crippen molar-refractivity contribution in [2.24, 2.45) is 0 Å². The summed E-state index contributed by atoms with van der Waals surface area (Å²) >= 11 is 0. The fraction of sp³-hybridized carbons (Fsp3) is 0.769. The number of rotatable bonds is 9. The van der Waals surface area contributed by atoms with Gasteiger partial charge in [-0.25, -0.2) is 0 Å². The van der Waals surface area contributed by atoms with Crippen LogP contribution >= 0.6 is 0 Å². The van der Waals surface area contributed by atoms with E-state index in [9.17, 15) is 0 Å². The van der Waals surface area contributed by atoms with Gasteiger partial charge in [0.05, 0.1) is 11.4 Å². The fourth-order valence-corrected chi connectivity index (χ4v) is 1.87. The molecule has 0 saturated carbocycles. The van der Waals surface area contributed by atoms with Gasteiger partial charge in [0.15, 0.2) is 0 Å². The van der Waals surface area contributed by atoms with Gasteiger partial charge in [0.25, 0.3) is 0 Å². The average Bonchev–Trinajstić information content (AvgIpc) is 2.68. The van der Waals surface area contributed by atoms with Gasteiger partial charge in [0, 0.05) is 13.1 Å². The van der Waals surface area contributed by atoms with Crippen molar-refractivity contribution in [3.63, 3.8) is 0 Å². The first-order valence-corrected chi connectivity index (χ1v) is 6.72. The second-order valence-corrected chi connectivity index (χ2v) is 4.37. The highest BCUT2D eigenvalue weighted by Crippen LogP contribution is 2.02. The summed E-state index contributed by atoms with van der Waals surface area (Å²) in [6, 6.07) is 2.16. The van der Waals surface area contributed by atoms with E-state index in [-0.39, 0.29) is 0 Å². The quantitative estimate of drug-likeness (QED) is 0.643. The summed E-state index contributed by atoms with van der Waals surface area (Å²) in [6.45, 7) is 11.5. The van der Waals surface area contributed by atoms with Crippen molar-refractivity contribution in [1.29, 1.82) is 0 Å². The first-order valence-electron chi connectivity index (χ1n) is 6.72. The summed E-state index contributed by atoms with van der Waals surface area (Å²) in [7, 11) is 0. The topological polar surface area (TPSA) is 41.9 Å². The van der Waals surface area contributed by atoms with Gasteiger partial charge >= 0.3 is 0 Å². The number of hydrogen-bond donors (Lipinski definition) is 2. The smallest absolute Gasteiger partial charge is 0.0597 e. The minimum Gasteiger partial charge on any atom is -0.317 e. The molecule has 0 aromatic carbocycles. The molecule has 0 aliphatic rings. The van der Waals surface area contributed by atoms with Gasteiger partial charge in [-0.15, -0.1) is 0 Å². The van der Waals surface area contributed by atoms with E-state index in [1.165, 1.54) is 18.5 Å². The molecule has 1 aromatic rings. The maximum atomic E-state index is 4.43. The van der Waals surface area contributed by atoms with Crippen LogP contribution in [0.25, 0.3) is 0 Å². The molecule has 0 radical (unpaired) electrons. The largest absolute Gasteiger partial charge is 0.317 e. The molecule has 0 unspecified atom stereocenters. The minimum absolute atomic E-state index is 0.919. The van der Waals surface area contributed by atoms with E-state index < -0.39 is 0 Å². The molecule has 98 valence electrons. The zero-order valence-electron chi connectivity index (χ0n) is 11.4. The summed E-state index contributed by atoms with van der Waals surface area (Å²) in [5.74, 6) is 0. The van der Waals surface area contributed by atoms with Gasteiger partial charge in [0.2, 0.25) is 0 Å². The molecule has 0 amide bonds. The van der Waals surface area contributed by atoms with E-state index >= 15 is 0 Å². The van der Waals surface area contributed by atoms with Crippen LogP contribution in [-0.2, 0) is 13.1 Å². The summed E-state index contributed by atoms with van der Waals surface area (Å²) < 4.78 is 2.07. The molecular formula is C13H26N4. The van der Waals surface area contributed by atoms with Gasteiger partial charge in [-0.3, -0.25) is 4.68 Å². The lowest BCUT2D eigenvalue weighted by Gasteiger charge is -2.07. The Morgan fingerprint density at radius 1 is 1.18 bits per heavy atom. The Balaban J connectivity index is 2.13. The molecule has 17 heavy (non-hydrogen) atoms. The van der Waals surface area contributed by atoms with E-state index in [2.05, 4.69) is 40.3 Å². The predicted molar refractivity (Wildman–Crippen MR) is 72.1 cm³/mol. The van der Waals surface area contributed by atoms with E-state index in [1.54, 1.807) is 0 Å². The number of aromatic nitrogens is 2. The number of nitrogens with zero attached hydrogens (tertiary/aromatic N) is 2. The van der Waals surface area contributed by atoms with Crippen molar-refractivity contribution >= 4 is 0 Å². The number of aryl methyl sites for hydroxylation is 2. The van der Waals surface area contributed by atoms with Crippen LogP contribution in [0.1, 0.15) is 38.1 Å². The highest BCUT2D eigenvalue weighted by molar-refractivity contribution is 5.08. The maximum Gasteiger partial charge on any atom is 0.0597 e. The fourth-order valence-electron chi connectivity index (χ4n) is 1.87. The van der Waals surface area contributed by atoms with E-state index in [0.29, 0.717) is 0 Å². The molecular weight excluding hydrogens is 212 g/mol. The lowest BCUT2D eigenvalue weighted by atomic mass is 10.3. The third-order valence-corrected chi connectivity index (χ3v) is 2.73. The number of hydrogen-bond acceptors (Lipinski definition) is 3. The molecule has 0 aliphatic carbocycles. The summed E-state index contributed by atoms with van der Waals surface area (Å²) in [5.41, 5.74) is 2.39. The highest BCUT2D eigenvalue weighted by atomic mass is 15.3. The zero-order chi connectivity index (χ0) is 12.5. The maximum absolute atomic E-state index is 4.43. The van der Waals surface area contributed by atoms with Crippen molar-refractivity contribution in [2.45, 2.75) is 46.7 Å². The second kappa shape index (κ2) is 8.25. The molecule has 4 nitrogen and oxygen atoms in total. The van der Waals surface area contributed by atoms with Gasteiger partial charge < -0.3 is 10.6 Å². The van der Waals surface area contributed by atoms with Gasteiger partial charge in [0.1, 0.15) is 0 Å². The normalized spacial score (nSPS) is 11.0. The van der Waals surface area contributed by atoms with Crippen LogP contribution in [-0.4, -0.2) is 29.4 Å². The standard InChI is InChI=1S/C13H26N4/c1-4-7-14-8-6-9-15-11-13-10-12(3)16-17(13)5-2/h10,14-15H,4-9,11H2,1-3H3. The molecule has 1 rings (SSSR count). The Labute approximate surface area is 105 Å². The zero-order valence-corrected chi connectivity index (χ0v) is 11.4. The first-order chi connectivity index (χ1) is 8.27. The van der Waals surface area contributed by atoms with Crippen LogP contribution in [0.3, 0.4) is 0 Å². The Kier molecular flexibility index (Phi) is 6.89. The molecule has 0 fully saturated rings. The Morgan fingerprint density at radius 3 is 2.65 bits per heavy atom. The van der Waals surface area contributed by atoms with Crippen molar-refractivity contribution < 1.29 is 0 Å². The van der Waals surface area contributed by atoms with Crippen LogP contribution in [0.4, 0.5) is 0 Å². The van der Waals surface area contributed by atoms with Crippen LogP contribution in [0.15, 0.2) is 6.07 Å². The summed E-state index contributed by atoms with van der Waals surface area (Å²) in [6.07, 6.45) is 2.39.